The highest BCUT2D eigenvalue weighted by Crippen LogP contribution is 2.27. The molecule has 0 N–H and O–H groups in total. The maximum absolute atomic E-state index is 13.9. The first-order chi connectivity index (χ1) is 12.2. The zero-order valence-corrected chi connectivity index (χ0v) is 13.6. The molecule has 1 fully saturated rings. The third-order valence-electron chi connectivity index (χ3n) is 4.55. The van der Waals surface area contributed by atoms with Gasteiger partial charge in [-0.1, -0.05) is 12.1 Å². The molecule has 1 aliphatic rings. The molecule has 0 bridgehead atoms. The standard InChI is InChI=1S/C19H18FN3O2/c20-16-7-2-1-6-15(16)17-8-9-18(25-17)19(24)23-12-3-5-14(23)13-22-11-4-10-21-22/h1-2,4,6-11,14H,3,5,12-13H2/t14-/m1/s1. The smallest absolute Gasteiger partial charge is 0.289 e. The molecule has 2 aromatic heterocycles. The molecule has 1 saturated heterocycles. The van der Waals surface area contributed by atoms with Gasteiger partial charge in [-0.25, -0.2) is 4.39 Å². The third-order valence-corrected chi connectivity index (χ3v) is 4.55. The van der Waals surface area contributed by atoms with Crippen LogP contribution in [0.4, 0.5) is 4.39 Å². The van der Waals surface area contributed by atoms with Crippen LogP contribution in [0.15, 0.2) is 59.3 Å². The number of rotatable bonds is 4. The van der Waals surface area contributed by atoms with E-state index < -0.39 is 0 Å². The molecular formula is C19H18FN3O2. The Morgan fingerprint density at radius 1 is 1.24 bits per heavy atom. The summed E-state index contributed by atoms with van der Waals surface area (Å²) >= 11 is 0. The number of halogens is 1. The number of hydrogen-bond donors (Lipinski definition) is 0. The average Bonchev–Trinajstić information content (AvgIpc) is 3.37. The van der Waals surface area contributed by atoms with Crippen LogP contribution in [-0.2, 0) is 6.54 Å². The van der Waals surface area contributed by atoms with Gasteiger partial charge < -0.3 is 9.32 Å². The number of aromatic nitrogens is 2. The summed E-state index contributed by atoms with van der Waals surface area (Å²) in [6, 6.07) is 11.6. The highest BCUT2D eigenvalue weighted by atomic mass is 19.1. The monoisotopic (exact) mass is 339 g/mol. The van der Waals surface area contributed by atoms with Crippen molar-refractivity contribution in [2.45, 2.75) is 25.4 Å². The Morgan fingerprint density at radius 2 is 2.12 bits per heavy atom. The van der Waals surface area contributed by atoms with Gasteiger partial charge in [-0.2, -0.15) is 5.10 Å². The molecule has 1 aliphatic heterocycles. The third kappa shape index (κ3) is 3.07. The van der Waals surface area contributed by atoms with Crippen LogP contribution in [0.25, 0.3) is 11.3 Å². The Morgan fingerprint density at radius 3 is 2.92 bits per heavy atom. The lowest BCUT2D eigenvalue weighted by Crippen LogP contribution is -2.38. The average molecular weight is 339 g/mol. The molecule has 3 aromatic rings. The lowest BCUT2D eigenvalue weighted by Gasteiger charge is -2.23. The van der Waals surface area contributed by atoms with E-state index in [0.29, 0.717) is 24.4 Å². The molecule has 25 heavy (non-hydrogen) atoms. The summed E-state index contributed by atoms with van der Waals surface area (Å²) < 4.78 is 21.4. The van der Waals surface area contributed by atoms with Crippen LogP contribution in [0.2, 0.25) is 0 Å². The summed E-state index contributed by atoms with van der Waals surface area (Å²) in [5.74, 6) is 0.0840. The Labute approximate surface area is 144 Å². The van der Waals surface area contributed by atoms with Crippen LogP contribution in [-0.4, -0.2) is 33.2 Å². The number of nitrogens with zero attached hydrogens (tertiary/aromatic N) is 3. The van der Waals surface area contributed by atoms with Gasteiger partial charge in [0.2, 0.25) is 0 Å². The minimum atomic E-state index is -0.367. The van der Waals surface area contributed by atoms with E-state index >= 15 is 0 Å². The number of carbonyl (C=O) groups excluding carboxylic acids is 1. The molecule has 1 amide bonds. The van der Waals surface area contributed by atoms with E-state index in [2.05, 4.69) is 5.10 Å². The highest BCUT2D eigenvalue weighted by Gasteiger charge is 2.31. The molecule has 0 unspecified atom stereocenters. The van der Waals surface area contributed by atoms with Gasteiger partial charge in [-0.15, -0.1) is 0 Å². The van der Waals surface area contributed by atoms with Crippen LogP contribution in [0, 0.1) is 5.82 Å². The van der Waals surface area contributed by atoms with Crippen molar-refractivity contribution in [3.8, 4) is 11.3 Å². The predicted molar refractivity (Wildman–Crippen MR) is 90.4 cm³/mol. The van der Waals surface area contributed by atoms with E-state index in [9.17, 15) is 9.18 Å². The second-order valence-corrected chi connectivity index (χ2v) is 6.17. The van der Waals surface area contributed by atoms with Crippen LogP contribution in [0.3, 0.4) is 0 Å². The van der Waals surface area contributed by atoms with Gasteiger partial charge in [0, 0.05) is 18.9 Å². The zero-order valence-electron chi connectivity index (χ0n) is 13.6. The Bertz CT molecular complexity index is 872. The largest absolute Gasteiger partial charge is 0.451 e. The molecule has 0 radical (unpaired) electrons. The molecular weight excluding hydrogens is 321 g/mol. The molecule has 6 heteroatoms. The van der Waals surface area contributed by atoms with Gasteiger partial charge in [0.1, 0.15) is 11.6 Å². The Hall–Kier alpha value is -2.89. The van der Waals surface area contributed by atoms with E-state index in [4.69, 9.17) is 4.42 Å². The van der Waals surface area contributed by atoms with Gasteiger partial charge in [-0.05, 0) is 43.2 Å². The summed E-state index contributed by atoms with van der Waals surface area (Å²) in [6.45, 7) is 1.36. The fourth-order valence-corrected chi connectivity index (χ4v) is 3.32. The highest BCUT2D eigenvalue weighted by molar-refractivity contribution is 5.92. The van der Waals surface area contributed by atoms with Gasteiger partial charge in [-0.3, -0.25) is 9.48 Å². The second-order valence-electron chi connectivity index (χ2n) is 6.17. The van der Waals surface area contributed by atoms with Crippen LogP contribution in [0.5, 0.6) is 0 Å². The normalized spacial score (nSPS) is 17.2. The fourth-order valence-electron chi connectivity index (χ4n) is 3.32. The van der Waals surface area contributed by atoms with E-state index in [1.165, 1.54) is 6.07 Å². The number of hydrogen-bond acceptors (Lipinski definition) is 3. The fraction of sp³-hybridized carbons (Fsp3) is 0.263. The van der Waals surface area contributed by atoms with Crippen LogP contribution in [0.1, 0.15) is 23.4 Å². The Kier molecular flexibility index (Phi) is 4.09. The van der Waals surface area contributed by atoms with Crippen LogP contribution >= 0.6 is 0 Å². The Balaban J connectivity index is 1.54. The summed E-state index contributed by atoms with van der Waals surface area (Å²) in [7, 11) is 0. The van der Waals surface area contributed by atoms with Crippen molar-refractivity contribution in [2.75, 3.05) is 6.54 Å². The van der Waals surface area contributed by atoms with Crippen molar-refractivity contribution >= 4 is 5.91 Å². The van der Waals surface area contributed by atoms with E-state index in [0.717, 1.165) is 12.8 Å². The maximum Gasteiger partial charge on any atom is 0.289 e. The van der Waals surface area contributed by atoms with E-state index in [1.54, 1.807) is 36.5 Å². The van der Waals surface area contributed by atoms with Crippen molar-refractivity contribution in [1.29, 1.82) is 0 Å². The summed E-state index contributed by atoms with van der Waals surface area (Å²) in [5, 5.41) is 4.21. The summed E-state index contributed by atoms with van der Waals surface area (Å²) in [5.41, 5.74) is 0.357. The molecule has 0 aliphatic carbocycles. The van der Waals surface area contributed by atoms with Gasteiger partial charge in [0.15, 0.2) is 5.76 Å². The molecule has 0 saturated carbocycles. The first-order valence-electron chi connectivity index (χ1n) is 8.35. The van der Waals surface area contributed by atoms with Gasteiger partial charge in [0.25, 0.3) is 5.91 Å². The first-order valence-corrected chi connectivity index (χ1v) is 8.35. The molecule has 1 atom stereocenters. The van der Waals surface area contributed by atoms with Crippen molar-refractivity contribution in [3.63, 3.8) is 0 Å². The van der Waals surface area contributed by atoms with Crippen LogP contribution < -0.4 is 0 Å². The number of benzene rings is 1. The summed E-state index contributed by atoms with van der Waals surface area (Å²) in [6.07, 6.45) is 5.52. The number of likely N-dealkylation sites (tertiary alicyclic amines) is 1. The zero-order chi connectivity index (χ0) is 17.2. The SMILES string of the molecule is O=C(c1ccc(-c2ccccc2F)o1)N1CCC[C@@H]1Cn1cccn1. The first kappa shape index (κ1) is 15.6. The molecule has 4 rings (SSSR count). The van der Waals surface area contributed by atoms with Gasteiger partial charge >= 0.3 is 0 Å². The quantitative estimate of drug-likeness (QED) is 0.730. The number of amides is 1. The van der Waals surface area contributed by atoms with E-state index in [1.807, 2.05) is 21.8 Å². The maximum atomic E-state index is 13.9. The number of furan rings is 1. The summed E-state index contributed by atoms with van der Waals surface area (Å²) in [4.78, 5) is 14.6. The van der Waals surface area contributed by atoms with Gasteiger partial charge in [0.05, 0.1) is 18.2 Å². The predicted octanol–water partition coefficient (Wildman–Crippen LogP) is 3.59. The minimum Gasteiger partial charge on any atom is -0.451 e. The topological polar surface area (TPSA) is 51.3 Å². The van der Waals surface area contributed by atoms with Crippen molar-refractivity contribution in [1.82, 2.24) is 14.7 Å². The molecule has 3 heterocycles. The van der Waals surface area contributed by atoms with E-state index in [-0.39, 0.29) is 23.5 Å². The minimum absolute atomic E-state index is 0.0920. The second kappa shape index (κ2) is 6.55. The molecule has 0 spiro atoms. The lowest BCUT2D eigenvalue weighted by atomic mass is 10.1. The van der Waals surface area contributed by atoms with Crippen molar-refractivity contribution in [3.05, 3.63) is 66.4 Å². The molecule has 1 aromatic carbocycles. The molecule has 5 nitrogen and oxygen atoms in total. The molecule has 128 valence electrons. The van der Waals surface area contributed by atoms with Crippen molar-refractivity contribution in [2.24, 2.45) is 0 Å². The number of carbonyl (C=O) groups is 1. The lowest BCUT2D eigenvalue weighted by molar-refractivity contribution is 0.0690. The van der Waals surface area contributed by atoms with Crippen molar-refractivity contribution < 1.29 is 13.6 Å².